The molecule has 1 atom stereocenters. The first-order valence-electron chi connectivity index (χ1n) is 11.2. The van der Waals surface area contributed by atoms with Gasteiger partial charge in [0.05, 0.1) is 25.8 Å². The van der Waals surface area contributed by atoms with Gasteiger partial charge in [-0.05, 0) is 61.4 Å². The number of carbonyl (C=O) groups is 2. The lowest BCUT2D eigenvalue weighted by molar-refractivity contribution is -0.757. The SMILES string of the molecule is COc1ccc2c(c1)c(CCONC(=O)N(CCCO[N+](=O)[O-])S(=O)O)c(C)n2C(=O)c1ccc(Cl)cc1. The van der Waals surface area contributed by atoms with E-state index in [2.05, 4.69) is 10.3 Å². The van der Waals surface area contributed by atoms with E-state index in [1.54, 1.807) is 54.0 Å². The molecular weight excluding hydrogens is 544 g/mol. The molecule has 1 unspecified atom stereocenters. The third-order valence-corrected chi connectivity index (χ3v) is 6.54. The Morgan fingerprint density at radius 2 is 1.92 bits per heavy atom. The molecule has 2 amide bonds. The van der Waals surface area contributed by atoms with Crippen molar-refractivity contribution in [2.45, 2.75) is 19.8 Å². The molecule has 0 saturated carbocycles. The first-order valence-corrected chi connectivity index (χ1v) is 12.6. The molecular formula is C23H25ClN4O9S. The number of rotatable bonds is 12. The second-order valence-corrected chi connectivity index (χ2v) is 9.18. The van der Waals surface area contributed by atoms with Crippen LogP contribution in [0.1, 0.15) is 28.0 Å². The van der Waals surface area contributed by atoms with Gasteiger partial charge in [0.2, 0.25) is 0 Å². The van der Waals surface area contributed by atoms with Crippen LogP contribution >= 0.6 is 11.6 Å². The summed E-state index contributed by atoms with van der Waals surface area (Å²) in [6.45, 7) is 1.12. The van der Waals surface area contributed by atoms with E-state index < -0.39 is 22.4 Å². The highest BCUT2D eigenvalue weighted by molar-refractivity contribution is 7.77. The largest absolute Gasteiger partial charge is 0.497 e. The van der Waals surface area contributed by atoms with Crippen LogP contribution in [0.2, 0.25) is 5.02 Å². The van der Waals surface area contributed by atoms with Crippen LogP contribution in [0.5, 0.6) is 5.75 Å². The Hall–Kier alpha value is -3.72. The molecule has 3 rings (SSSR count). The van der Waals surface area contributed by atoms with Gasteiger partial charge < -0.3 is 9.57 Å². The predicted molar refractivity (Wildman–Crippen MR) is 138 cm³/mol. The number of hydrogen-bond acceptors (Lipinski definition) is 8. The number of amides is 2. The third-order valence-electron chi connectivity index (χ3n) is 5.57. The molecule has 1 aromatic heterocycles. The lowest BCUT2D eigenvalue weighted by atomic mass is 10.1. The van der Waals surface area contributed by atoms with Crippen LogP contribution in [-0.2, 0) is 27.4 Å². The van der Waals surface area contributed by atoms with Gasteiger partial charge in [-0.1, -0.05) is 11.6 Å². The minimum atomic E-state index is -2.68. The Morgan fingerprint density at radius 1 is 1.21 bits per heavy atom. The number of benzene rings is 2. The third kappa shape index (κ3) is 6.98. The minimum Gasteiger partial charge on any atom is -0.497 e. The molecule has 0 saturated heterocycles. The van der Waals surface area contributed by atoms with Crippen LogP contribution in [0.4, 0.5) is 4.79 Å². The molecule has 0 aliphatic heterocycles. The van der Waals surface area contributed by atoms with Crippen molar-refractivity contribution in [3.8, 4) is 5.75 Å². The Labute approximate surface area is 224 Å². The zero-order valence-corrected chi connectivity index (χ0v) is 22.0. The Kier molecular flexibility index (Phi) is 10.0. The highest BCUT2D eigenvalue weighted by atomic mass is 35.5. The fourth-order valence-corrected chi connectivity index (χ4v) is 4.39. The van der Waals surface area contributed by atoms with Crippen LogP contribution in [-0.4, -0.2) is 61.5 Å². The molecule has 0 aliphatic rings. The van der Waals surface area contributed by atoms with Crippen LogP contribution in [0.15, 0.2) is 42.5 Å². The predicted octanol–water partition coefficient (Wildman–Crippen LogP) is 3.52. The van der Waals surface area contributed by atoms with E-state index >= 15 is 0 Å². The zero-order valence-electron chi connectivity index (χ0n) is 20.4. The molecule has 0 spiro atoms. The van der Waals surface area contributed by atoms with E-state index in [1.807, 2.05) is 0 Å². The summed E-state index contributed by atoms with van der Waals surface area (Å²) in [4.78, 5) is 45.2. The number of ether oxygens (including phenoxy) is 1. The van der Waals surface area contributed by atoms with Gasteiger partial charge in [-0.15, -0.1) is 10.1 Å². The number of fused-ring (bicyclic) bond motifs is 1. The number of methoxy groups -OCH3 is 1. The summed E-state index contributed by atoms with van der Waals surface area (Å²) in [5, 5.41) is 10.5. The molecule has 204 valence electrons. The van der Waals surface area contributed by atoms with Gasteiger partial charge in [-0.2, -0.15) is 0 Å². The number of carbonyl (C=O) groups excluding carboxylic acids is 2. The van der Waals surface area contributed by atoms with Gasteiger partial charge in [-0.3, -0.25) is 18.8 Å². The number of hydrogen-bond donors (Lipinski definition) is 2. The van der Waals surface area contributed by atoms with Gasteiger partial charge >= 0.3 is 6.03 Å². The van der Waals surface area contributed by atoms with E-state index in [4.69, 9.17) is 21.2 Å². The monoisotopic (exact) mass is 568 g/mol. The molecule has 1 heterocycles. The number of aromatic nitrogens is 1. The summed E-state index contributed by atoms with van der Waals surface area (Å²) in [5.74, 6) is 0.336. The molecule has 2 N–H and O–H groups in total. The number of nitrogens with one attached hydrogen (secondary N) is 1. The number of urea groups is 1. The second-order valence-electron chi connectivity index (χ2n) is 7.84. The summed E-state index contributed by atoms with van der Waals surface area (Å²) in [7, 11) is 1.53. The average Bonchev–Trinajstić information content (AvgIpc) is 3.16. The average molecular weight is 569 g/mol. The highest BCUT2D eigenvalue weighted by Crippen LogP contribution is 2.30. The Bertz CT molecular complexity index is 1350. The second kappa shape index (κ2) is 13.2. The quantitative estimate of drug-likeness (QED) is 0.144. The summed E-state index contributed by atoms with van der Waals surface area (Å²) in [6, 6.07) is 10.8. The molecule has 15 heteroatoms. The Morgan fingerprint density at radius 3 is 2.55 bits per heavy atom. The van der Waals surface area contributed by atoms with Crippen molar-refractivity contribution in [3.63, 3.8) is 0 Å². The lowest BCUT2D eigenvalue weighted by Gasteiger charge is -2.18. The van der Waals surface area contributed by atoms with E-state index in [0.717, 1.165) is 10.9 Å². The maximum atomic E-state index is 13.4. The number of nitrogens with zero attached hydrogens (tertiary/aromatic N) is 3. The molecule has 0 fully saturated rings. The number of hydroxylamine groups is 1. The molecule has 0 aliphatic carbocycles. The van der Waals surface area contributed by atoms with Crippen molar-refractivity contribution in [1.82, 2.24) is 14.4 Å². The van der Waals surface area contributed by atoms with Crippen LogP contribution < -0.4 is 10.2 Å². The standard InChI is InChI=1S/C23H25ClN4O9S/c1-15-19(10-13-36-25-23(30)26(38(33)34)11-3-12-37-28(31)32)20-14-18(35-2)8-9-21(20)27(15)22(29)16-4-6-17(24)7-5-16/h4-9,14H,3,10-13H2,1-2H3,(H,25,30)(H,33,34). The van der Waals surface area contributed by atoms with Crippen molar-refractivity contribution in [3.05, 3.63) is 74.4 Å². The normalized spacial score (nSPS) is 11.7. The van der Waals surface area contributed by atoms with E-state index in [1.165, 1.54) is 7.11 Å². The maximum absolute atomic E-state index is 13.4. The van der Waals surface area contributed by atoms with Crippen molar-refractivity contribution < 1.29 is 37.8 Å². The first kappa shape index (κ1) is 28.8. The zero-order chi connectivity index (χ0) is 27.8. The highest BCUT2D eigenvalue weighted by Gasteiger charge is 2.22. The van der Waals surface area contributed by atoms with E-state index in [0.29, 0.717) is 31.9 Å². The van der Waals surface area contributed by atoms with Gasteiger partial charge in [-0.25, -0.2) is 18.8 Å². The van der Waals surface area contributed by atoms with Crippen molar-refractivity contribution >= 4 is 45.7 Å². The van der Waals surface area contributed by atoms with E-state index in [9.17, 15) is 28.5 Å². The molecule has 2 aromatic carbocycles. The summed E-state index contributed by atoms with van der Waals surface area (Å²) in [5.41, 5.74) is 4.61. The molecule has 38 heavy (non-hydrogen) atoms. The smallest absolute Gasteiger partial charge is 0.354 e. The number of halogens is 1. The molecule has 3 aromatic rings. The van der Waals surface area contributed by atoms with Gasteiger partial charge in [0.15, 0.2) is 0 Å². The fraction of sp³-hybridized carbons (Fsp3) is 0.304. The summed E-state index contributed by atoms with van der Waals surface area (Å²) < 4.78 is 28.3. The Balaban J connectivity index is 1.73. The first-order chi connectivity index (χ1) is 18.1. The minimum absolute atomic E-state index is 0.0334. The van der Waals surface area contributed by atoms with Crippen molar-refractivity contribution in [1.29, 1.82) is 0 Å². The van der Waals surface area contributed by atoms with Crippen molar-refractivity contribution in [2.24, 2.45) is 0 Å². The fourth-order valence-electron chi connectivity index (χ4n) is 3.80. The summed E-state index contributed by atoms with van der Waals surface area (Å²) >= 11 is 3.28. The molecule has 0 radical (unpaired) electrons. The van der Waals surface area contributed by atoms with Crippen LogP contribution in [0.3, 0.4) is 0 Å². The maximum Gasteiger partial charge on any atom is 0.354 e. The molecule has 0 bridgehead atoms. The summed E-state index contributed by atoms with van der Waals surface area (Å²) in [6.07, 6.45) is 0.221. The lowest BCUT2D eigenvalue weighted by Crippen LogP contribution is -2.42. The van der Waals surface area contributed by atoms with Crippen LogP contribution in [0.25, 0.3) is 10.9 Å². The van der Waals surface area contributed by atoms with E-state index in [-0.39, 0.29) is 38.5 Å². The van der Waals surface area contributed by atoms with Gasteiger partial charge in [0, 0.05) is 34.6 Å². The van der Waals surface area contributed by atoms with Crippen molar-refractivity contribution in [2.75, 3.05) is 26.9 Å². The van der Waals surface area contributed by atoms with Gasteiger partial charge in [0.25, 0.3) is 22.3 Å². The van der Waals surface area contributed by atoms with Gasteiger partial charge in [0.1, 0.15) is 5.75 Å². The molecule has 13 nitrogen and oxygen atoms in total. The van der Waals surface area contributed by atoms with Crippen LogP contribution in [0, 0.1) is 17.0 Å². The topological polar surface area (TPSA) is 162 Å².